The van der Waals surface area contributed by atoms with Gasteiger partial charge in [0.1, 0.15) is 11.5 Å². The maximum Gasteiger partial charge on any atom is 0.115 e. The van der Waals surface area contributed by atoms with Gasteiger partial charge in [0.15, 0.2) is 0 Å². The van der Waals surface area contributed by atoms with Gasteiger partial charge in [-0.15, -0.1) is 0 Å². The number of phenols is 2. The second-order valence-electron chi connectivity index (χ2n) is 10.1. The first-order valence-electron chi connectivity index (χ1n) is 13.2. The van der Waals surface area contributed by atoms with Gasteiger partial charge in [0, 0.05) is 5.41 Å². The van der Waals surface area contributed by atoms with E-state index in [1.54, 1.807) is 0 Å². The van der Waals surface area contributed by atoms with Crippen LogP contribution in [0, 0.1) is 5.92 Å². The number of unbranched alkanes of at least 4 members (excludes halogenated alkanes) is 9. The molecule has 0 aromatic heterocycles. The van der Waals surface area contributed by atoms with Crippen molar-refractivity contribution < 1.29 is 10.2 Å². The average molecular weight is 437 g/mol. The van der Waals surface area contributed by atoms with Gasteiger partial charge in [0.05, 0.1) is 0 Å². The molecule has 2 aromatic rings. The van der Waals surface area contributed by atoms with Crippen molar-refractivity contribution in [3.63, 3.8) is 0 Å². The van der Waals surface area contributed by atoms with Gasteiger partial charge in [-0.1, -0.05) is 115 Å². The van der Waals surface area contributed by atoms with E-state index in [1.165, 1.54) is 101 Å². The Morgan fingerprint density at radius 3 is 1.66 bits per heavy atom. The monoisotopic (exact) mass is 436 g/mol. The van der Waals surface area contributed by atoms with Crippen LogP contribution in [0.3, 0.4) is 0 Å². The molecule has 2 heteroatoms. The topological polar surface area (TPSA) is 40.5 Å². The number of hydrogen-bond donors (Lipinski definition) is 2. The largest absolute Gasteiger partial charge is 0.508 e. The number of aromatic hydroxyl groups is 2. The summed E-state index contributed by atoms with van der Waals surface area (Å²) in [7, 11) is 0. The van der Waals surface area contributed by atoms with Crippen molar-refractivity contribution >= 4 is 0 Å². The maximum absolute atomic E-state index is 9.82. The second-order valence-corrected chi connectivity index (χ2v) is 10.1. The third-order valence-corrected chi connectivity index (χ3v) is 7.66. The molecule has 0 heterocycles. The van der Waals surface area contributed by atoms with Gasteiger partial charge in [-0.05, 0) is 54.2 Å². The molecule has 1 atom stereocenters. The summed E-state index contributed by atoms with van der Waals surface area (Å²) in [6, 6.07) is 15.7. The highest BCUT2D eigenvalue weighted by Gasteiger charge is 2.39. The predicted octanol–water partition coefficient (Wildman–Crippen LogP) is 8.89. The third kappa shape index (κ3) is 7.02. The summed E-state index contributed by atoms with van der Waals surface area (Å²) in [5.41, 5.74) is 2.59. The molecule has 2 nitrogen and oxygen atoms in total. The first-order valence-corrected chi connectivity index (χ1v) is 13.2. The lowest BCUT2D eigenvalue weighted by molar-refractivity contribution is 0.240. The molecule has 0 saturated heterocycles. The van der Waals surface area contributed by atoms with Crippen molar-refractivity contribution in [1.29, 1.82) is 0 Å². The Labute approximate surface area is 196 Å². The molecule has 1 fully saturated rings. The lowest BCUT2D eigenvalue weighted by Crippen LogP contribution is -2.34. The van der Waals surface area contributed by atoms with Crippen LogP contribution in [0.5, 0.6) is 11.5 Å². The normalized spacial score (nSPS) is 18.0. The van der Waals surface area contributed by atoms with E-state index in [0.29, 0.717) is 11.5 Å². The quantitative estimate of drug-likeness (QED) is 0.308. The van der Waals surface area contributed by atoms with Crippen LogP contribution >= 0.6 is 0 Å². The van der Waals surface area contributed by atoms with Crippen molar-refractivity contribution in [2.24, 2.45) is 5.92 Å². The zero-order chi connectivity index (χ0) is 22.7. The SMILES string of the molecule is CCCCCCCCCCCCC1CCCC(c2ccc(O)cc2)(c2ccc(O)cc2)C1. The van der Waals surface area contributed by atoms with Crippen molar-refractivity contribution in [2.45, 2.75) is 109 Å². The number of benzene rings is 2. The summed E-state index contributed by atoms with van der Waals surface area (Å²) in [5, 5.41) is 19.6. The summed E-state index contributed by atoms with van der Waals surface area (Å²) in [4.78, 5) is 0. The van der Waals surface area contributed by atoms with Gasteiger partial charge in [0.25, 0.3) is 0 Å². The van der Waals surface area contributed by atoms with Gasteiger partial charge >= 0.3 is 0 Å². The first-order chi connectivity index (χ1) is 15.6. The maximum atomic E-state index is 9.82. The van der Waals surface area contributed by atoms with Crippen LogP contribution < -0.4 is 0 Å². The van der Waals surface area contributed by atoms with E-state index < -0.39 is 0 Å². The summed E-state index contributed by atoms with van der Waals surface area (Å²) in [6.45, 7) is 2.28. The van der Waals surface area contributed by atoms with Crippen LogP contribution in [0.25, 0.3) is 0 Å². The molecule has 0 aliphatic heterocycles. The van der Waals surface area contributed by atoms with E-state index in [2.05, 4.69) is 31.2 Å². The van der Waals surface area contributed by atoms with Gasteiger partial charge in [-0.3, -0.25) is 0 Å². The Hall–Kier alpha value is -1.96. The Balaban J connectivity index is 1.53. The van der Waals surface area contributed by atoms with Crippen LogP contribution in [0.2, 0.25) is 0 Å². The molecule has 0 amide bonds. The summed E-state index contributed by atoms with van der Waals surface area (Å²) < 4.78 is 0. The van der Waals surface area contributed by atoms with Gasteiger partial charge in [0.2, 0.25) is 0 Å². The minimum atomic E-state index is -0.0111. The molecule has 0 radical (unpaired) electrons. The van der Waals surface area contributed by atoms with E-state index in [1.807, 2.05) is 24.3 Å². The number of rotatable bonds is 13. The Morgan fingerprint density at radius 2 is 1.16 bits per heavy atom. The minimum Gasteiger partial charge on any atom is -0.508 e. The van der Waals surface area contributed by atoms with Crippen molar-refractivity contribution in [1.82, 2.24) is 0 Å². The molecular weight excluding hydrogens is 392 g/mol. The third-order valence-electron chi connectivity index (χ3n) is 7.66. The summed E-state index contributed by atoms with van der Waals surface area (Å²) >= 11 is 0. The van der Waals surface area contributed by atoms with Gasteiger partial charge in [-0.2, -0.15) is 0 Å². The number of phenolic OH excluding ortho intramolecular Hbond substituents is 2. The van der Waals surface area contributed by atoms with E-state index in [-0.39, 0.29) is 5.41 Å². The van der Waals surface area contributed by atoms with Crippen LogP contribution in [0.4, 0.5) is 0 Å². The summed E-state index contributed by atoms with van der Waals surface area (Å²) in [5.74, 6) is 1.40. The second kappa shape index (κ2) is 12.9. The lowest BCUT2D eigenvalue weighted by atomic mass is 9.61. The zero-order valence-corrected chi connectivity index (χ0v) is 20.2. The van der Waals surface area contributed by atoms with Crippen LogP contribution in [-0.4, -0.2) is 10.2 Å². The molecular formula is C30H44O2. The highest BCUT2D eigenvalue weighted by molar-refractivity contribution is 5.43. The molecule has 32 heavy (non-hydrogen) atoms. The van der Waals surface area contributed by atoms with E-state index in [4.69, 9.17) is 0 Å². The van der Waals surface area contributed by atoms with E-state index in [9.17, 15) is 10.2 Å². The van der Waals surface area contributed by atoms with Gasteiger partial charge in [-0.25, -0.2) is 0 Å². The Morgan fingerprint density at radius 1 is 0.688 bits per heavy atom. The average Bonchev–Trinajstić information content (AvgIpc) is 2.81. The Bertz CT molecular complexity index is 717. The predicted molar refractivity (Wildman–Crippen MR) is 135 cm³/mol. The fourth-order valence-electron chi connectivity index (χ4n) is 5.81. The molecule has 2 aromatic carbocycles. The van der Waals surface area contributed by atoms with E-state index >= 15 is 0 Å². The van der Waals surface area contributed by atoms with Crippen molar-refractivity contribution in [3.8, 4) is 11.5 Å². The summed E-state index contributed by atoms with van der Waals surface area (Å²) in [6.07, 6.45) is 20.1. The van der Waals surface area contributed by atoms with E-state index in [0.717, 1.165) is 12.3 Å². The molecule has 1 saturated carbocycles. The standard InChI is InChI=1S/C30H44O2/c1-2-3-4-5-6-7-8-9-10-11-13-25-14-12-23-30(24-25,26-15-19-28(31)20-16-26)27-17-21-29(32)22-18-27/h15-22,25,31-32H,2-14,23-24H2,1H3. The van der Waals surface area contributed by atoms with Crippen molar-refractivity contribution in [3.05, 3.63) is 59.7 Å². The fraction of sp³-hybridized carbons (Fsp3) is 0.600. The molecule has 1 unspecified atom stereocenters. The molecule has 0 bridgehead atoms. The highest BCUT2D eigenvalue weighted by Crippen LogP contribution is 2.48. The minimum absolute atomic E-state index is 0.0111. The zero-order valence-electron chi connectivity index (χ0n) is 20.2. The smallest absolute Gasteiger partial charge is 0.115 e. The fourth-order valence-corrected chi connectivity index (χ4v) is 5.81. The lowest BCUT2D eigenvalue weighted by Gasteiger charge is -2.42. The molecule has 0 spiro atoms. The van der Waals surface area contributed by atoms with Crippen LogP contribution in [0.15, 0.2) is 48.5 Å². The van der Waals surface area contributed by atoms with Crippen molar-refractivity contribution in [2.75, 3.05) is 0 Å². The van der Waals surface area contributed by atoms with Crippen LogP contribution in [-0.2, 0) is 5.41 Å². The molecule has 176 valence electrons. The highest BCUT2D eigenvalue weighted by atomic mass is 16.3. The number of hydrogen-bond acceptors (Lipinski definition) is 2. The van der Waals surface area contributed by atoms with Crippen LogP contribution in [0.1, 0.15) is 114 Å². The Kier molecular flexibility index (Phi) is 9.96. The molecule has 2 N–H and O–H groups in total. The molecule has 1 aliphatic rings. The molecule has 3 rings (SSSR count). The van der Waals surface area contributed by atoms with Gasteiger partial charge < -0.3 is 10.2 Å². The first kappa shape index (κ1) is 24.7. The molecule has 1 aliphatic carbocycles.